The van der Waals surface area contributed by atoms with Crippen molar-refractivity contribution in [1.82, 2.24) is 0 Å². The minimum atomic E-state index is -2.06. The van der Waals surface area contributed by atoms with Crippen LogP contribution in [-0.4, -0.2) is 54.2 Å². The molecule has 0 amide bonds. The van der Waals surface area contributed by atoms with Crippen LogP contribution in [0.5, 0.6) is 11.5 Å². The molecule has 1 unspecified atom stereocenters. The molecule has 3 N–H and O–H groups in total. The molecule has 5 atom stereocenters. The van der Waals surface area contributed by atoms with Gasteiger partial charge >= 0.3 is 0 Å². The van der Waals surface area contributed by atoms with Gasteiger partial charge in [0.05, 0.1) is 14.2 Å². The predicted molar refractivity (Wildman–Crippen MR) is 95.5 cm³/mol. The second-order valence-corrected chi connectivity index (χ2v) is 6.47. The van der Waals surface area contributed by atoms with Crippen LogP contribution in [0.4, 0.5) is 4.39 Å². The summed E-state index contributed by atoms with van der Waals surface area (Å²) >= 11 is 0. The number of hydrogen-bond donors (Lipinski definition) is 3. The lowest BCUT2D eigenvalue weighted by atomic mass is 9.92. The number of halogens is 1. The Morgan fingerprint density at radius 3 is 2.30 bits per heavy atom. The Labute approximate surface area is 156 Å². The summed E-state index contributed by atoms with van der Waals surface area (Å²) in [5, 5.41) is 29.6. The molecule has 1 saturated heterocycles. The van der Waals surface area contributed by atoms with E-state index < -0.39 is 30.8 Å². The summed E-state index contributed by atoms with van der Waals surface area (Å²) in [5.74, 6) is 1.39. The van der Waals surface area contributed by atoms with Gasteiger partial charge in [-0.1, -0.05) is 18.2 Å². The number of methoxy groups -OCH3 is 2. The fourth-order valence-electron chi connectivity index (χ4n) is 3.19. The summed E-state index contributed by atoms with van der Waals surface area (Å²) in [4.78, 5) is 0. The quantitative estimate of drug-likeness (QED) is 0.735. The smallest absolute Gasteiger partial charge is 0.189 e. The van der Waals surface area contributed by atoms with Crippen molar-refractivity contribution >= 4 is 0 Å². The van der Waals surface area contributed by atoms with Gasteiger partial charge in [0.15, 0.2) is 12.5 Å². The van der Waals surface area contributed by atoms with E-state index in [0.717, 1.165) is 16.9 Å². The number of aliphatic hydroxyl groups is 3. The van der Waals surface area contributed by atoms with E-state index in [1.807, 2.05) is 24.3 Å². The monoisotopic (exact) mass is 378 g/mol. The van der Waals surface area contributed by atoms with Crippen LogP contribution in [-0.2, 0) is 11.2 Å². The first-order chi connectivity index (χ1) is 12.9. The highest BCUT2D eigenvalue weighted by molar-refractivity contribution is 5.42. The van der Waals surface area contributed by atoms with Gasteiger partial charge in [-0.15, -0.1) is 0 Å². The van der Waals surface area contributed by atoms with Gasteiger partial charge in [-0.25, -0.2) is 4.39 Å². The zero-order chi connectivity index (χ0) is 19.6. The summed E-state index contributed by atoms with van der Waals surface area (Å²) in [7, 11) is 3.15. The Bertz CT molecular complexity index is 766. The lowest BCUT2D eigenvalue weighted by Gasteiger charge is -2.37. The Morgan fingerprint density at radius 1 is 0.963 bits per heavy atom. The predicted octanol–water partition coefficient (Wildman–Crippen LogP) is 1.74. The van der Waals surface area contributed by atoms with Gasteiger partial charge in [0, 0.05) is 6.42 Å². The molecule has 27 heavy (non-hydrogen) atoms. The molecular weight excluding hydrogens is 355 g/mol. The second kappa shape index (κ2) is 8.22. The first kappa shape index (κ1) is 19.6. The normalized spacial score (nSPS) is 28.0. The molecule has 1 aliphatic heterocycles. The van der Waals surface area contributed by atoms with Gasteiger partial charge in [-0.3, -0.25) is 0 Å². The lowest BCUT2D eigenvalue weighted by molar-refractivity contribution is -0.268. The van der Waals surface area contributed by atoms with E-state index in [1.165, 1.54) is 0 Å². The van der Waals surface area contributed by atoms with Crippen LogP contribution in [0, 0.1) is 0 Å². The Balaban J connectivity index is 1.88. The third kappa shape index (κ3) is 4.06. The van der Waals surface area contributed by atoms with E-state index in [2.05, 4.69) is 0 Å². The fraction of sp³-hybridized carbons (Fsp3) is 0.400. The molecule has 3 rings (SSSR count). The van der Waals surface area contributed by atoms with Crippen LogP contribution in [0.15, 0.2) is 42.5 Å². The maximum atomic E-state index is 13.6. The first-order valence-corrected chi connectivity index (χ1v) is 8.58. The van der Waals surface area contributed by atoms with Crippen molar-refractivity contribution in [3.63, 3.8) is 0 Å². The van der Waals surface area contributed by atoms with E-state index in [4.69, 9.17) is 14.2 Å². The molecule has 0 spiro atoms. The molecule has 1 fully saturated rings. The molecule has 1 aliphatic rings. The SMILES string of the molecule is COc1ccc(Cc2cc([C@@H]3O[C@H](O)C(F)[C@H](O)[C@H]3O)ccc2OC)cc1. The van der Waals surface area contributed by atoms with Gasteiger partial charge in [-0.2, -0.15) is 0 Å². The van der Waals surface area contributed by atoms with Gasteiger partial charge in [0.2, 0.25) is 0 Å². The average molecular weight is 378 g/mol. The Hall–Kier alpha value is -2.19. The maximum absolute atomic E-state index is 13.6. The van der Waals surface area contributed by atoms with E-state index >= 15 is 0 Å². The van der Waals surface area contributed by atoms with Gasteiger partial charge in [0.1, 0.15) is 29.8 Å². The number of alkyl halides is 1. The molecule has 0 aromatic heterocycles. The van der Waals surface area contributed by atoms with Crippen molar-refractivity contribution in [1.29, 1.82) is 0 Å². The molecule has 2 aromatic rings. The zero-order valence-electron chi connectivity index (χ0n) is 15.1. The Morgan fingerprint density at radius 2 is 1.67 bits per heavy atom. The molecule has 0 radical (unpaired) electrons. The highest BCUT2D eigenvalue weighted by Crippen LogP contribution is 2.35. The highest BCUT2D eigenvalue weighted by Gasteiger charge is 2.44. The number of hydrogen-bond acceptors (Lipinski definition) is 6. The Kier molecular flexibility index (Phi) is 5.96. The highest BCUT2D eigenvalue weighted by atomic mass is 19.1. The van der Waals surface area contributed by atoms with Crippen LogP contribution in [0.2, 0.25) is 0 Å². The van der Waals surface area contributed by atoms with Crippen molar-refractivity contribution in [2.24, 2.45) is 0 Å². The van der Waals surface area contributed by atoms with E-state index in [1.54, 1.807) is 32.4 Å². The van der Waals surface area contributed by atoms with Gasteiger partial charge in [0.25, 0.3) is 0 Å². The van der Waals surface area contributed by atoms with Gasteiger partial charge < -0.3 is 29.5 Å². The van der Waals surface area contributed by atoms with E-state index in [9.17, 15) is 19.7 Å². The average Bonchev–Trinajstić information content (AvgIpc) is 2.69. The van der Waals surface area contributed by atoms with E-state index in [0.29, 0.717) is 17.7 Å². The van der Waals surface area contributed by atoms with Crippen molar-refractivity contribution in [3.8, 4) is 11.5 Å². The van der Waals surface area contributed by atoms with Crippen LogP contribution < -0.4 is 9.47 Å². The minimum Gasteiger partial charge on any atom is -0.497 e. The summed E-state index contributed by atoms with van der Waals surface area (Å²) in [5.41, 5.74) is 2.35. The van der Waals surface area contributed by atoms with Crippen LogP contribution in [0.1, 0.15) is 22.8 Å². The largest absolute Gasteiger partial charge is 0.497 e. The minimum absolute atomic E-state index is 0.511. The van der Waals surface area contributed by atoms with Crippen LogP contribution in [0.25, 0.3) is 0 Å². The molecule has 0 aliphatic carbocycles. The molecular formula is C20H23FO6. The molecule has 2 aromatic carbocycles. The van der Waals surface area contributed by atoms with Crippen molar-refractivity contribution < 1.29 is 33.9 Å². The summed E-state index contributed by atoms with van der Waals surface area (Å²) in [6, 6.07) is 12.7. The van der Waals surface area contributed by atoms with Crippen molar-refractivity contribution in [2.45, 2.75) is 37.2 Å². The molecule has 0 saturated carbocycles. The number of rotatable bonds is 5. The zero-order valence-corrected chi connectivity index (χ0v) is 15.1. The number of benzene rings is 2. The maximum Gasteiger partial charge on any atom is 0.189 e. The van der Waals surface area contributed by atoms with Gasteiger partial charge in [-0.05, 0) is 41.0 Å². The molecule has 0 bridgehead atoms. The molecule has 1 heterocycles. The molecule has 7 heteroatoms. The summed E-state index contributed by atoms with van der Waals surface area (Å²) in [6.45, 7) is 0. The third-order valence-electron chi connectivity index (χ3n) is 4.73. The molecule has 146 valence electrons. The van der Waals surface area contributed by atoms with Crippen LogP contribution in [0.3, 0.4) is 0 Å². The number of aliphatic hydroxyl groups excluding tert-OH is 3. The summed E-state index contributed by atoms with van der Waals surface area (Å²) in [6.07, 6.45) is -7.60. The third-order valence-corrected chi connectivity index (χ3v) is 4.73. The standard InChI is InChI=1S/C20H23FO6/c1-25-14-6-3-11(4-7-14)9-13-10-12(5-8-15(13)26-2)19-18(23)17(22)16(21)20(24)27-19/h3-8,10,16-20,22-24H,9H2,1-2H3/t16?,17-,18+,19-,20-/m0/s1. The second-order valence-electron chi connectivity index (χ2n) is 6.47. The fourth-order valence-corrected chi connectivity index (χ4v) is 3.19. The van der Waals surface area contributed by atoms with E-state index in [-0.39, 0.29) is 0 Å². The summed E-state index contributed by atoms with van der Waals surface area (Å²) < 4.78 is 29.4. The van der Waals surface area contributed by atoms with Crippen molar-refractivity contribution in [2.75, 3.05) is 14.2 Å². The van der Waals surface area contributed by atoms with Crippen molar-refractivity contribution in [3.05, 3.63) is 59.2 Å². The topological polar surface area (TPSA) is 88.4 Å². The molecule has 6 nitrogen and oxygen atoms in total. The van der Waals surface area contributed by atoms with Crippen LogP contribution >= 0.6 is 0 Å². The lowest BCUT2D eigenvalue weighted by Crippen LogP contribution is -2.52. The first-order valence-electron chi connectivity index (χ1n) is 8.58. The number of ether oxygens (including phenoxy) is 3.